The number of nitro benzene ring substituents is 1. The summed E-state index contributed by atoms with van der Waals surface area (Å²) in [5.74, 6) is 0.613. The summed E-state index contributed by atoms with van der Waals surface area (Å²) in [4.78, 5) is 23.0. The number of carbonyl (C=O) groups excluding carboxylic acids is 1. The van der Waals surface area contributed by atoms with Crippen molar-refractivity contribution in [3.63, 3.8) is 0 Å². The van der Waals surface area contributed by atoms with E-state index >= 15 is 0 Å². The highest BCUT2D eigenvalue weighted by molar-refractivity contribution is 6.08. The molecule has 0 fully saturated rings. The molecule has 2 aromatic rings. The molecule has 0 aliphatic heterocycles. The maximum absolute atomic E-state index is 12.5. The molecule has 0 atom stereocenters. The zero-order valence-electron chi connectivity index (χ0n) is 13.4. The van der Waals surface area contributed by atoms with E-state index in [2.05, 4.69) is 5.32 Å². The molecule has 0 spiro atoms. The van der Waals surface area contributed by atoms with Crippen molar-refractivity contribution >= 4 is 17.3 Å². The fourth-order valence-electron chi connectivity index (χ4n) is 2.07. The van der Waals surface area contributed by atoms with Crippen LogP contribution in [0.2, 0.25) is 0 Å². The number of ether oxygens (including phenoxy) is 3. The van der Waals surface area contributed by atoms with Gasteiger partial charge in [0.25, 0.3) is 11.6 Å². The van der Waals surface area contributed by atoms with Crippen molar-refractivity contribution in [3.8, 4) is 17.2 Å². The molecule has 0 radical (unpaired) electrons. The third-order valence-corrected chi connectivity index (χ3v) is 3.30. The average molecular weight is 332 g/mol. The summed E-state index contributed by atoms with van der Waals surface area (Å²) in [6.45, 7) is 0. The lowest BCUT2D eigenvalue weighted by molar-refractivity contribution is -0.385. The van der Waals surface area contributed by atoms with E-state index in [0.29, 0.717) is 22.9 Å². The first-order valence-corrected chi connectivity index (χ1v) is 6.86. The standard InChI is InChI=1S/C16H16N2O6/c1-22-10-5-7-14(18(20)21)12(8-10)16(19)17-13-6-4-11(23-2)9-15(13)24-3/h4-9H,1-3H3,(H,17,19). The minimum Gasteiger partial charge on any atom is -0.497 e. The largest absolute Gasteiger partial charge is 0.497 e. The van der Waals surface area contributed by atoms with Crippen LogP contribution in [0.15, 0.2) is 36.4 Å². The first kappa shape index (κ1) is 17.1. The van der Waals surface area contributed by atoms with Gasteiger partial charge in [-0.15, -0.1) is 0 Å². The fourth-order valence-corrected chi connectivity index (χ4v) is 2.07. The Bertz CT molecular complexity index is 775. The highest BCUT2D eigenvalue weighted by atomic mass is 16.6. The van der Waals surface area contributed by atoms with Crippen LogP contribution in [0.5, 0.6) is 17.2 Å². The molecule has 0 aliphatic rings. The van der Waals surface area contributed by atoms with Gasteiger partial charge in [0.15, 0.2) is 0 Å². The average Bonchev–Trinajstić information content (AvgIpc) is 2.61. The molecule has 1 N–H and O–H groups in total. The smallest absolute Gasteiger partial charge is 0.282 e. The lowest BCUT2D eigenvalue weighted by Crippen LogP contribution is -2.14. The molecular weight excluding hydrogens is 316 g/mol. The van der Waals surface area contributed by atoms with Gasteiger partial charge < -0.3 is 19.5 Å². The third kappa shape index (κ3) is 3.54. The van der Waals surface area contributed by atoms with Gasteiger partial charge in [-0.05, 0) is 24.3 Å². The van der Waals surface area contributed by atoms with Crippen molar-refractivity contribution < 1.29 is 23.9 Å². The molecular formula is C16H16N2O6. The number of anilines is 1. The Labute approximate surface area is 138 Å². The number of nitrogens with zero attached hydrogens (tertiary/aromatic N) is 1. The van der Waals surface area contributed by atoms with E-state index in [9.17, 15) is 14.9 Å². The predicted molar refractivity (Wildman–Crippen MR) is 87.1 cm³/mol. The molecule has 1 amide bonds. The highest BCUT2D eigenvalue weighted by Gasteiger charge is 2.22. The highest BCUT2D eigenvalue weighted by Crippen LogP contribution is 2.31. The zero-order chi connectivity index (χ0) is 17.7. The van der Waals surface area contributed by atoms with Crippen LogP contribution in [-0.2, 0) is 0 Å². The van der Waals surface area contributed by atoms with Crippen LogP contribution < -0.4 is 19.5 Å². The Kier molecular flexibility index (Phi) is 5.20. The quantitative estimate of drug-likeness (QED) is 0.645. The lowest BCUT2D eigenvalue weighted by atomic mass is 10.1. The zero-order valence-corrected chi connectivity index (χ0v) is 13.4. The van der Waals surface area contributed by atoms with Gasteiger partial charge in [-0.25, -0.2) is 0 Å². The van der Waals surface area contributed by atoms with Crippen molar-refractivity contribution in [2.45, 2.75) is 0 Å². The first-order chi connectivity index (χ1) is 11.5. The van der Waals surface area contributed by atoms with Crippen LogP contribution in [0.3, 0.4) is 0 Å². The van der Waals surface area contributed by atoms with Crippen LogP contribution in [0.4, 0.5) is 11.4 Å². The minimum atomic E-state index is -0.649. The molecule has 126 valence electrons. The number of benzene rings is 2. The number of carbonyl (C=O) groups is 1. The number of hydrogen-bond donors (Lipinski definition) is 1. The molecule has 0 bridgehead atoms. The molecule has 0 unspecified atom stereocenters. The Morgan fingerprint density at radius 2 is 1.62 bits per heavy atom. The number of amides is 1. The van der Waals surface area contributed by atoms with Crippen LogP contribution >= 0.6 is 0 Å². The van der Waals surface area contributed by atoms with E-state index in [1.165, 1.54) is 39.5 Å². The SMILES string of the molecule is COc1ccc(NC(=O)c2cc(OC)ccc2[N+](=O)[O-])c(OC)c1. The maximum Gasteiger partial charge on any atom is 0.282 e. The second-order valence-electron chi connectivity index (χ2n) is 4.66. The van der Waals surface area contributed by atoms with Gasteiger partial charge in [-0.3, -0.25) is 14.9 Å². The molecule has 0 saturated heterocycles. The summed E-state index contributed by atoms with van der Waals surface area (Å²) < 4.78 is 15.3. The van der Waals surface area contributed by atoms with Gasteiger partial charge in [0, 0.05) is 12.1 Å². The van der Waals surface area contributed by atoms with Gasteiger partial charge >= 0.3 is 0 Å². The Balaban J connectivity index is 2.38. The fraction of sp³-hybridized carbons (Fsp3) is 0.188. The predicted octanol–water partition coefficient (Wildman–Crippen LogP) is 2.87. The molecule has 8 nitrogen and oxygen atoms in total. The van der Waals surface area contributed by atoms with E-state index in [1.807, 2.05) is 0 Å². The second-order valence-corrected chi connectivity index (χ2v) is 4.66. The topological polar surface area (TPSA) is 99.9 Å². The molecule has 2 rings (SSSR count). The van der Waals surface area contributed by atoms with Gasteiger partial charge in [0.2, 0.25) is 0 Å². The first-order valence-electron chi connectivity index (χ1n) is 6.86. The number of hydrogen-bond acceptors (Lipinski definition) is 6. The van der Waals surface area contributed by atoms with Crippen molar-refractivity contribution in [2.75, 3.05) is 26.6 Å². The van der Waals surface area contributed by atoms with E-state index in [4.69, 9.17) is 14.2 Å². The monoisotopic (exact) mass is 332 g/mol. The number of methoxy groups -OCH3 is 3. The summed E-state index contributed by atoms with van der Waals surface area (Å²) in [5.41, 5.74) is -0.0709. The van der Waals surface area contributed by atoms with E-state index in [1.54, 1.807) is 18.2 Å². The summed E-state index contributed by atoms with van der Waals surface area (Å²) >= 11 is 0. The van der Waals surface area contributed by atoms with Crippen molar-refractivity contribution in [3.05, 3.63) is 52.1 Å². The molecule has 2 aromatic carbocycles. The molecule has 0 saturated carbocycles. The number of nitrogens with one attached hydrogen (secondary N) is 1. The van der Waals surface area contributed by atoms with E-state index < -0.39 is 10.8 Å². The summed E-state index contributed by atoms with van der Waals surface area (Å²) in [5, 5.41) is 13.7. The molecule has 0 heterocycles. The van der Waals surface area contributed by atoms with Gasteiger partial charge in [0.05, 0.1) is 31.9 Å². The number of nitro groups is 1. The minimum absolute atomic E-state index is 0.114. The van der Waals surface area contributed by atoms with Crippen LogP contribution in [-0.4, -0.2) is 32.2 Å². The third-order valence-electron chi connectivity index (χ3n) is 3.30. The van der Waals surface area contributed by atoms with Gasteiger partial charge in [-0.1, -0.05) is 0 Å². The Morgan fingerprint density at radius 1 is 1.00 bits per heavy atom. The summed E-state index contributed by atoms with van der Waals surface area (Å²) in [6.07, 6.45) is 0. The van der Waals surface area contributed by atoms with Crippen LogP contribution in [0.1, 0.15) is 10.4 Å². The second kappa shape index (κ2) is 7.32. The lowest BCUT2D eigenvalue weighted by Gasteiger charge is -2.12. The molecule has 8 heteroatoms. The van der Waals surface area contributed by atoms with Crippen molar-refractivity contribution in [1.82, 2.24) is 0 Å². The summed E-state index contributed by atoms with van der Waals surface area (Å²) in [7, 11) is 4.36. The Hall–Kier alpha value is -3.29. The molecule has 24 heavy (non-hydrogen) atoms. The Morgan fingerprint density at radius 3 is 2.21 bits per heavy atom. The van der Waals surface area contributed by atoms with Gasteiger partial charge in [-0.2, -0.15) is 0 Å². The van der Waals surface area contributed by atoms with E-state index in [-0.39, 0.29) is 11.3 Å². The molecule has 0 aromatic heterocycles. The van der Waals surface area contributed by atoms with Crippen LogP contribution in [0, 0.1) is 10.1 Å². The van der Waals surface area contributed by atoms with Crippen LogP contribution in [0.25, 0.3) is 0 Å². The molecule has 0 aliphatic carbocycles. The van der Waals surface area contributed by atoms with Gasteiger partial charge in [0.1, 0.15) is 22.8 Å². The summed E-state index contributed by atoms with van der Waals surface area (Å²) in [6, 6.07) is 8.76. The van der Waals surface area contributed by atoms with Crippen molar-refractivity contribution in [2.24, 2.45) is 0 Å². The van der Waals surface area contributed by atoms with E-state index in [0.717, 1.165) is 0 Å². The number of rotatable bonds is 6. The maximum atomic E-state index is 12.5. The normalized spacial score (nSPS) is 9.96. The van der Waals surface area contributed by atoms with Crippen molar-refractivity contribution in [1.29, 1.82) is 0 Å².